The standard InChI is InChI=1S/C19H19N5O4S2/c1-3-11-6-12(8-20-7-11)19(15(26)14(10-25)28-18(29)16(19)27-2)24-9-13(22-23-24)17-21-4-5-30-17/h1,4-9,14-16,18,25-26,29H,10H2,2H3/t14-,15+,16+,18-,19?/m1/s1. The number of aromatic nitrogens is 5. The summed E-state index contributed by atoms with van der Waals surface area (Å²) in [4.78, 5) is 8.49. The normalized spacial score (nSPS) is 28.9. The Bertz CT molecular complexity index is 1050. The van der Waals surface area contributed by atoms with Crippen molar-refractivity contribution in [2.45, 2.75) is 29.3 Å². The summed E-state index contributed by atoms with van der Waals surface area (Å²) >= 11 is 5.93. The highest BCUT2D eigenvalue weighted by molar-refractivity contribution is 7.80. The monoisotopic (exact) mass is 445 g/mol. The van der Waals surface area contributed by atoms with Crippen LogP contribution in [0.1, 0.15) is 11.1 Å². The molecule has 0 amide bonds. The number of hydrogen-bond acceptors (Lipinski definition) is 10. The van der Waals surface area contributed by atoms with Crippen LogP contribution in [0.25, 0.3) is 10.7 Å². The van der Waals surface area contributed by atoms with Gasteiger partial charge in [0.1, 0.15) is 40.0 Å². The fourth-order valence-corrected chi connectivity index (χ4v) is 4.89. The molecule has 0 aliphatic carbocycles. The van der Waals surface area contributed by atoms with Gasteiger partial charge in [-0.05, 0) is 6.07 Å². The first-order valence-electron chi connectivity index (χ1n) is 8.96. The summed E-state index contributed by atoms with van der Waals surface area (Å²) in [5.41, 5.74) is -0.617. The van der Waals surface area contributed by atoms with Crippen molar-refractivity contribution in [2.24, 2.45) is 0 Å². The maximum absolute atomic E-state index is 11.4. The summed E-state index contributed by atoms with van der Waals surface area (Å²) in [6.45, 7) is -0.438. The topological polar surface area (TPSA) is 115 Å². The Hall–Kier alpha value is -2.33. The summed E-state index contributed by atoms with van der Waals surface area (Å²) in [5.74, 6) is 2.55. The number of aliphatic hydroxyl groups excluding tert-OH is 2. The molecule has 0 bridgehead atoms. The molecule has 1 saturated heterocycles. The highest BCUT2D eigenvalue weighted by Crippen LogP contribution is 2.44. The predicted octanol–water partition coefficient (Wildman–Crippen LogP) is 0.544. The number of ether oxygens (including phenoxy) is 2. The van der Waals surface area contributed by atoms with Crippen molar-refractivity contribution in [2.75, 3.05) is 13.7 Å². The van der Waals surface area contributed by atoms with Gasteiger partial charge in [0.2, 0.25) is 0 Å². The van der Waals surface area contributed by atoms with E-state index >= 15 is 0 Å². The average Bonchev–Trinajstić information content (AvgIpc) is 3.47. The summed E-state index contributed by atoms with van der Waals surface area (Å²) < 4.78 is 12.9. The van der Waals surface area contributed by atoms with Crippen molar-refractivity contribution in [3.8, 4) is 23.0 Å². The van der Waals surface area contributed by atoms with Crippen molar-refractivity contribution >= 4 is 24.0 Å². The Morgan fingerprint density at radius 1 is 1.47 bits per heavy atom. The lowest BCUT2D eigenvalue weighted by Gasteiger charge is -2.51. The van der Waals surface area contributed by atoms with E-state index in [1.807, 2.05) is 5.38 Å². The fraction of sp³-hybridized carbons (Fsp3) is 0.368. The lowest BCUT2D eigenvalue weighted by Crippen LogP contribution is -2.67. The van der Waals surface area contributed by atoms with E-state index in [-0.39, 0.29) is 0 Å². The Morgan fingerprint density at radius 2 is 2.30 bits per heavy atom. The Labute approximate surface area is 182 Å². The highest BCUT2D eigenvalue weighted by Gasteiger charge is 2.59. The third-order valence-electron chi connectivity index (χ3n) is 5.14. The number of hydrogen-bond donors (Lipinski definition) is 3. The number of thiol groups is 1. The molecule has 1 aliphatic heterocycles. The molecule has 0 spiro atoms. The number of pyridine rings is 1. The van der Waals surface area contributed by atoms with Crippen LogP contribution < -0.4 is 0 Å². The Morgan fingerprint density at radius 3 is 2.97 bits per heavy atom. The molecular formula is C19H19N5O4S2. The number of methoxy groups -OCH3 is 1. The molecule has 5 atom stereocenters. The number of terminal acetylenes is 1. The van der Waals surface area contributed by atoms with Gasteiger partial charge < -0.3 is 19.7 Å². The van der Waals surface area contributed by atoms with Crippen LogP contribution in [0.5, 0.6) is 0 Å². The fourth-order valence-electron chi connectivity index (χ4n) is 3.80. The molecule has 1 aliphatic rings. The van der Waals surface area contributed by atoms with Crippen molar-refractivity contribution in [3.63, 3.8) is 0 Å². The van der Waals surface area contributed by atoms with E-state index < -0.39 is 35.9 Å². The van der Waals surface area contributed by atoms with Gasteiger partial charge in [0.15, 0.2) is 0 Å². The highest BCUT2D eigenvalue weighted by atomic mass is 32.1. The van der Waals surface area contributed by atoms with Crippen LogP contribution in [-0.4, -0.2) is 72.6 Å². The van der Waals surface area contributed by atoms with E-state index in [1.54, 1.807) is 24.7 Å². The number of thiazole rings is 1. The third kappa shape index (κ3) is 3.22. The van der Waals surface area contributed by atoms with E-state index in [1.165, 1.54) is 29.3 Å². The Kier molecular flexibility index (Phi) is 5.88. The van der Waals surface area contributed by atoms with E-state index in [0.717, 1.165) is 0 Å². The van der Waals surface area contributed by atoms with Crippen LogP contribution in [0.4, 0.5) is 0 Å². The molecule has 2 N–H and O–H groups in total. The molecule has 3 aromatic rings. The zero-order valence-corrected chi connectivity index (χ0v) is 17.6. The van der Waals surface area contributed by atoms with Gasteiger partial charge in [0.05, 0.1) is 12.8 Å². The molecule has 0 aromatic carbocycles. The number of rotatable bonds is 5. The molecule has 4 rings (SSSR count). The minimum Gasteiger partial charge on any atom is -0.394 e. The molecule has 30 heavy (non-hydrogen) atoms. The Balaban J connectivity index is 1.98. The van der Waals surface area contributed by atoms with Gasteiger partial charge in [-0.25, -0.2) is 9.67 Å². The molecule has 1 unspecified atom stereocenters. The molecule has 0 radical (unpaired) electrons. The van der Waals surface area contributed by atoms with E-state index in [9.17, 15) is 10.2 Å². The summed E-state index contributed by atoms with van der Waals surface area (Å²) in [6.07, 6.45) is 8.96. The summed E-state index contributed by atoms with van der Waals surface area (Å²) in [7, 11) is 1.48. The molecule has 3 aromatic heterocycles. The minimum atomic E-state index is -1.38. The zero-order chi connectivity index (χ0) is 21.3. The molecule has 4 heterocycles. The molecule has 11 heteroatoms. The van der Waals surface area contributed by atoms with Crippen LogP contribution in [0.15, 0.2) is 36.2 Å². The van der Waals surface area contributed by atoms with Crippen molar-refractivity contribution in [1.82, 2.24) is 25.0 Å². The van der Waals surface area contributed by atoms with Gasteiger partial charge in [-0.1, -0.05) is 11.1 Å². The molecule has 156 valence electrons. The van der Waals surface area contributed by atoms with E-state index in [4.69, 9.17) is 15.9 Å². The molecule has 9 nitrogen and oxygen atoms in total. The van der Waals surface area contributed by atoms with Crippen molar-refractivity contribution in [1.29, 1.82) is 0 Å². The first-order valence-corrected chi connectivity index (χ1v) is 10.4. The number of aliphatic hydroxyl groups is 2. The second-order valence-corrected chi connectivity index (χ2v) is 8.07. The van der Waals surface area contributed by atoms with Gasteiger partial charge in [-0.3, -0.25) is 4.98 Å². The summed E-state index contributed by atoms with van der Waals surface area (Å²) in [5, 5.41) is 32.3. The van der Waals surface area contributed by atoms with Crippen LogP contribution in [0.3, 0.4) is 0 Å². The van der Waals surface area contributed by atoms with E-state index in [0.29, 0.717) is 21.8 Å². The lowest BCUT2D eigenvalue weighted by atomic mass is 9.75. The van der Waals surface area contributed by atoms with Gasteiger partial charge in [0, 0.05) is 42.2 Å². The van der Waals surface area contributed by atoms with E-state index in [2.05, 4.69) is 38.8 Å². The molecule has 0 saturated carbocycles. The molecule has 1 fully saturated rings. The van der Waals surface area contributed by atoms with Crippen LogP contribution in [0.2, 0.25) is 0 Å². The molecular weight excluding hydrogens is 426 g/mol. The smallest absolute Gasteiger partial charge is 0.149 e. The number of nitrogens with zero attached hydrogens (tertiary/aromatic N) is 5. The van der Waals surface area contributed by atoms with Gasteiger partial charge >= 0.3 is 0 Å². The van der Waals surface area contributed by atoms with Crippen molar-refractivity contribution in [3.05, 3.63) is 47.4 Å². The minimum absolute atomic E-state index is 0.438. The van der Waals surface area contributed by atoms with Gasteiger partial charge in [0.25, 0.3) is 0 Å². The second-order valence-electron chi connectivity index (χ2n) is 6.67. The third-order valence-corrected chi connectivity index (χ3v) is 6.32. The lowest BCUT2D eigenvalue weighted by molar-refractivity contribution is -0.213. The second kappa shape index (κ2) is 8.43. The largest absolute Gasteiger partial charge is 0.394 e. The zero-order valence-electron chi connectivity index (χ0n) is 15.9. The van der Waals surface area contributed by atoms with Crippen LogP contribution >= 0.6 is 24.0 Å². The van der Waals surface area contributed by atoms with Crippen LogP contribution in [0, 0.1) is 12.3 Å². The van der Waals surface area contributed by atoms with Crippen molar-refractivity contribution < 1.29 is 19.7 Å². The average molecular weight is 446 g/mol. The van der Waals surface area contributed by atoms with Gasteiger partial charge in [-0.2, -0.15) is 0 Å². The van der Waals surface area contributed by atoms with Gasteiger partial charge in [-0.15, -0.1) is 35.5 Å². The maximum atomic E-state index is 11.4. The van der Waals surface area contributed by atoms with Crippen LogP contribution in [-0.2, 0) is 15.0 Å². The maximum Gasteiger partial charge on any atom is 0.149 e. The first-order chi connectivity index (χ1) is 14.6. The summed E-state index contributed by atoms with van der Waals surface area (Å²) in [6, 6.07) is 1.72. The first kappa shape index (κ1) is 20.9. The quantitative estimate of drug-likeness (QED) is 0.385. The SMILES string of the molecule is C#Cc1cncc(C2(n3cc(-c4nccs4)nn3)[C@@H](O)[C@@H](CO)O[C@H](S)[C@@H]2OC)c1. The predicted molar refractivity (Wildman–Crippen MR) is 112 cm³/mol.